The fraction of sp³-hybridized carbons (Fsp3) is 0.536. The summed E-state index contributed by atoms with van der Waals surface area (Å²) < 4.78 is 27.8. The van der Waals surface area contributed by atoms with Crippen LogP contribution in [0, 0.1) is 17.7 Å². The highest BCUT2D eigenvalue weighted by atomic mass is 32.2. The van der Waals surface area contributed by atoms with Crippen molar-refractivity contribution in [1.29, 1.82) is 0 Å². The quantitative estimate of drug-likeness (QED) is 0.451. The number of benzene rings is 2. The highest BCUT2D eigenvalue weighted by Crippen LogP contribution is 2.45. The van der Waals surface area contributed by atoms with Crippen molar-refractivity contribution in [2.45, 2.75) is 80.8 Å². The molecule has 2 aliphatic carbocycles. The summed E-state index contributed by atoms with van der Waals surface area (Å²) in [4.78, 5) is 14.8. The number of fused-ring (bicyclic) bond motifs is 1. The molecule has 188 valence electrons. The van der Waals surface area contributed by atoms with E-state index in [9.17, 15) is 13.4 Å². The van der Waals surface area contributed by atoms with Gasteiger partial charge in [-0.2, -0.15) is 0 Å². The minimum atomic E-state index is -1.35. The molecule has 3 aliphatic rings. The Morgan fingerprint density at radius 2 is 1.60 bits per heavy atom. The van der Waals surface area contributed by atoms with Gasteiger partial charge in [-0.05, 0) is 61.9 Å². The summed E-state index contributed by atoms with van der Waals surface area (Å²) in [5.41, 5.74) is 0.418. The van der Waals surface area contributed by atoms with E-state index < -0.39 is 22.4 Å². The third kappa shape index (κ3) is 5.40. The molecule has 0 radical (unpaired) electrons. The number of nitrogens with one attached hydrogen (secondary N) is 3. The molecule has 1 amide bonds. The molecule has 35 heavy (non-hydrogen) atoms. The van der Waals surface area contributed by atoms with E-state index >= 15 is 0 Å². The maximum atomic E-state index is 14.2. The molecule has 0 bridgehead atoms. The van der Waals surface area contributed by atoms with Crippen LogP contribution in [0.1, 0.15) is 64.2 Å². The predicted octanol–water partition coefficient (Wildman–Crippen LogP) is 5.81. The normalized spacial score (nSPS) is 24.6. The van der Waals surface area contributed by atoms with E-state index in [1.165, 1.54) is 25.0 Å². The van der Waals surface area contributed by atoms with E-state index in [2.05, 4.69) is 16.0 Å². The summed E-state index contributed by atoms with van der Waals surface area (Å²) in [5.74, 6) is -0.347. The van der Waals surface area contributed by atoms with Crippen LogP contribution < -0.4 is 16.0 Å². The molecule has 0 saturated heterocycles. The lowest BCUT2D eigenvalue weighted by molar-refractivity contribution is -0.129. The Balaban J connectivity index is 1.51. The first-order valence-electron chi connectivity index (χ1n) is 13.1. The van der Waals surface area contributed by atoms with Gasteiger partial charge in [0, 0.05) is 10.9 Å². The Morgan fingerprint density at radius 1 is 0.943 bits per heavy atom. The molecular formula is C28H36FN3O2S. The largest absolute Gasteiger partial charge is 0.360 e. The lowest BCUT2D eigenvalue weighted by Gasteiger charge is -2.43. The van der Waals surface area contributed by atoms with Gasteiger partial charge in [0.2, 0.25) is 5.91 Å². The molecule has 1 aliphatic heterocycles. The average Bonchev–Trinajstić information content (AvgIpc) is 3.23. The molecule has 2 saturated carbocycles. The van der Waals surface area contributed by atoms with Crippen LogP contribution >= 0.6 is 0 Å². The Kier molecular flexibility index (Phi) is 7.42. The van der Waals surface area contributed by atoms with Crippen LogP contribution in [0.5, 0.6) is 0 Å². The summed E-state index contributed by atoms with van der Waals surface area (Å²) in [6, 6.07) is 14.2. The van der Waals surface area contributed by atoms with Crippen LogP contribution in [0.2, 0.25) is 0 Å². The van der Waals surface area contributed by atoms with E-state index in [1.807, 2.05) is 30.3 Å². The number of halogens is 1. The van der Waals surface area contributed by atoms with Crippen molar-refractivity contribution < 1.29 is 13.4 Å². The van der Waals surface area contributed by atoms with Crippen LogP contribution in [-0.4, -0.2) is 27.6 Å². The van der Waals surface area contributed by atoms with Crippen molar-refractivity contribution in [2.75, 3.05) is 16.4 Å². The lowest BCUT2D eigenvalue weighted by atomic mass is 9.73. The van der Waals surface area contributed by atoms with E-state index in [0.29, 0.717) is 5.69 Å². The summed E-state index contributed by atoms with van der Waals surface area (Å²) in [6.07, 6.45) is 10.8. The minimum absolute atomic E-state index is 0.0298. The number of rotatable bonds is 7. The molecule has 0 aromatic heterocycles. The van der Waals surface area contributed by atoms with Gasteiger partial charge in [0.1, 0.15) is 11.5 Å². The number of carbonyl (C=O) groups is 1. The van der Waals surface area contributed by atoms with Gasteiger partial charge < -0.3 is 16.0 Å². The third-order valence-electron chi connectivity index (χ3n) is 7.95. The highest BCUT2D eigenvalue weighted by molar-refractivity contribution is 7.85. The van der Waals surface area contributed by atoms with Crippen molar-refractivity contribution in [3.05, 3.63) is 54.3 Å². The highest BCUT2D eigenvalue weighted by Gasteiger charge is 2.52. The Morgan fingerprint density at radius 3 is 2.31 bits per heavy atom. The number of anilines is 2. The van der Waals surface area contributed by atoms with Crippen molar-refractivity contribution in [3.63, 3.8) is 0 Å². The van der Waals surface area contributed by atoms with Gasteiger partial charge in [0.25, 0.3) is 0 Å². The molecular weight excluding hydrogens is 461 g/mol. The van der Waals surface area contributed by atoms with Crippen LogP contribution in [0.4, 0.5) is 15.8 Å². The number of carbonyl (C=O) groups excluding carboxylic acids is 1. The monoisotopic (exact) mass is 497 g/mol. The Labute approximate surface area is 210 Å². The fourth-order valence-corrected chi connectivity index (χ4v) is 7.63. The average molecular weight is 498 g/mol. The summed E-state index contributed by atoms with van der Waals surface area (Å²) in [7, 11) is -1.35. The van der Waals surface area contributed by atoms with Crippen molar-refractivity contribution >= 4 is 28.1 Å². The van der Waals surface area contributed by atoms with E-state index in [-0.39, 0.29) is 29.4 Å². The summed E-state index contributed by atoms with van der Waals surface area (Å²) in [6.45, 7) is 0. The standard InChI is InChI=1S/C28H36FN3O2S/c29-21-16-17-24-25(18-21)32-28(31-24,19-35(34)23-14-8-3-9-15-23)26(20-10-4-1-5-11-20)27(33)30-22-12-6-2-7-13-22/h3,8-9,14-18,20,22,26,31-32H,1-2,4-7,10-13,19H2,(H,30,33). The molecule has 2 aromatic rings. The lowest BCUT2D eigenvalue weighted by Crippen LogP contribution is -2.61. The molecule has 7 heteroatoms. The smallest absolute Gasteiger partial charge is 0.227 e. The van der Waals surface area contributed by atoms with Gasteiger partial charge in [-0.3, -0.25) is 9.00 Å². The molecule has 5 nitrogen and oxygen atoms in total. The SMILES string of the molecule is O=C(NC1CCCCC1)C(C1CCCCC1)C1(CS(=O)c2ccccc2)Nc2ccc(F)cc2N1. The van der Waals surface area contributed by atoms with E-state index in [0.717, 1.165) is 61.9 Å². The zero-order valence-electron chi connectivity index (χ0n) is 20.2. The first-order chi connectivity index (χ1) is 17.0. The molecule has 3 N–H and O–H groups in total. The van der Waals surface area contributed by atoms with E-state index in [1.54, 1.807) is 6.07 Å². The van der Waals surface area contributed by atoms with Gasteiger partial charge in [-0.1, -0.05) is 56.7 Å². The van der Waals surface area contributed by atoms with Crippen LogP contribution in [-0.2, 0) is 15.6 Å². The number of amides is 1. The first-order valence-corrected chi connectivity index (χ1v) is 14.5. The zero-order valence-corrected chi connectivity index (χ0v) is 21.0. The molecule has 2 fully saturated rings. The molecule has 3 unspecified atom stereocenters. The number of hydrogen-bond acceptors (Lipinski definition) is 4. The predicted molar refractivity (Wildman–Crippen MR) is 139 cm³/mol. The second kappa shape index (κ2) is 10.7. The molecule has 2 aromatic carbocycles. The van der Waals surface area contributed by atoms with Gasteiger partial charge in [0.15, 0.2) is 0 Å². The van der Waals surface area contributed by atoms with Crippen LogP contribution in [0.3, 0.4) is 0 Å². The first kappa shape index (κ1) is 24.3. The van der Waals surface area contributed by atoms with E-state index in [4.69, 9.17) is 0 Å². The molecule has 0 spiro atoms. The molecule has 5 rings (SSSR count). The van der Waals surface area contributed by atoms with Gasteiger partial charge >= 0.3 is 0 Å². The van der Waals surface area contributed by atoms with Crippen molar-refractivity contribution in [1.82, 2.24) is 5.32 Å². The second-order valence-corrected chi connectivity index (χ2v) is 11.9. The topological polar surface area (TPSA) is 70.2 Å². The second-order valence-electron chi connectivity index (χ2n) is 10.4. The van der Waals surface area contributed by atoms with Gasteiger partial charge in [-0.25, -0.2) is 4.39 Å². The maximum absolute atomic E-state index is 14.2. The summed E-state index contributed by atoms with van der Waals surface area (Å²) >= 11 is 0. The third-order valence-corrected chi connectivity index (χ3v) is 9.46. The molecule has 1 heterocycles. The van der Waals surface area contributed by atoms with Crippen LogP contribution in [0.15, 0.2) is 53.4 Å². The number of hydrogen-bond donors (Lipinski definition) is 3. The summed E-state index contributed by atoms with van der Waals surface area (Å²) in [5, 5.41) is 10.4. The Bertz CT molecular complexity index is 1050. The van der Waals surface area contributed by atoms with Crippen molar-refractivity contribution in [2.24, 2.45) is 11.8 Å². The molecule has 3 atom stereocenters. The zero-order chi connectivity index (χ0) is 24.3. The Hall–Kier alpha value is -2.41. The minimum Gasteiger partial charge on any atom is -0.360 e. The maximum Gasteiger partial charge on any atom is 0.227 e. The van der Waals surface area contributed by atoms with Gasteiger partial charge in [0.05, 0.1) is 33.8 Å². The van der Waals surface area contributed by atoms with Crippen molar-refractivity contribution in [3.8, 4) is 0 Å². The van der Waals surface area contributed by atoms with Crippen LogP contribution in [0.25, 0.3) is 0 Å². The fourth-order valence-electron chi connectivity index (χ4n) is 6.27. The van der Waals surface area contributed by atoms with Gasteiger partial charge in [-0.15, -0.1) is 0 Å².